The van der Waals surface area contributed by atoms with Gasteiger partial charge >= 0.3 is 5.91 Å². The second kappa shape index (κ2) is 5.48. The van der Waals surface area contributed by atoms with Crippen molar-refractivity contribution in [2.45, 2.75) is 0 Å². The van der Waals surface area contributed by atoms with Gasteiger partial charge in [-0.05, 0) is 35.7 Å². The lowest BCUT2D eigenvalue weighted by atomic mass is 10.2. The van der Waals surface area contributed by atoms with E-state index in [1.54, 1.807) is 30.5 Å². The number of benzene rings is 1. The van der Waals surface area contributed by atoms with Gasteiger partial charge in [0.1, 0.15) is 5.58 Å². The fraction of sp³-hybridized carbons (Fsp3) is 0. The van der Waals surface area contributed by atoms with E-state index in [0.717, 1.165) is 10.3 Å². The van der Waals surface area contributed by atoms with E-state index in [4.69, 9.17) is 16.0 Å². The number of hydrazone groups is 1. The van der Waals surface area contributed by atoms with Crippen molar-refractivity contribution in [1.82, 2.24) is 5.43 Å². The lowest BCUT2D eigenvalue weighted by Crippen LogP contribution is -2.16. The molecule has 20 heavy (non-hydrogen) atoms. The van der Waals surface area contributed by atoms with Crippen molar-refractivity contribution in [1.29, 1.82) is 0 Å². The Kier molecular flexibility index (Phi) is 3.54. The highest BCUT2D eigenvalue weighted by atomic mass is 35.5. The van der Waals surface area contributed by atoms with Crippen LogP contribution in [0.4, 0.5) is 0 Å². The first kappa shape index (κ1) is 12.9. The molecular formula is C14H9ClN2O2S. The van der Waals surface area contributed by atoms with E-state index >= 15 is 0 Å². The van der Waals surface area contributed by atoms with Crippen LogP contribution in [0.25, 0.3) is 11.0 Å². The molecule has 2 aromatic heterocycles. The SMILES string of the molecule is O=C(N/N=C/c1cccs1)c1cc2cc(Cl)ccc2o1. The summed E-state index contributed by atoms with van der Waals surface area (Å²) in [6.45, 7) is 0. The fourth-order valence-corrected chi connectivity index (χ4v) is 2.47. The molecule has 3 rings (SSSR count). The van der Waals surface area contributed by atoms with Gasteiger partial charge in [-0.2, -0.15) is 5.10 Å². The monoisotopic (exact) mass is 304 g/mol. The lowest BCUT2D eigenvalue weighted by molar-refractivity contribution is 0.0929. The van der Waals surface area contributed by atoms with Gasteiger partial charge in [0.2, 0.25) is 0 Å². The number of thiophene rings is 1. The van der Waals surface area contributed by atoms with Gasteiger partial charge in [-0.25, -0.2) is 5.43 Å². The minimum atomic E-state index is -0.398. The highest BCUT2D eigenvalue weighted by Crippen LogP contribution is 2.22. The molecule has 4 nitrogen and oxygen atoms in total. The van der Waals surface area contributed by atoms with Gasteiger partial charge in [0.15, 0.2) is 5.76 Å². The Bertz CT molecular complexity index is 778. The number of hydrogen-bond donors (Lipinski definition) is 1. The van der Waals surface area contributed by atoms with Gasteiger partial charge in [-0.1, -0.05) is 17.7 Å². The quantitative estimate of drug-likeness (QED) is 0.589. The molecule has 0 aliphatic rings. The average molecular weight is 305 g/mol. The molecule has 0 atom stereocenters. The van der Waals surface area contributed by atoms with E-state index in [-0.39, 0.29) is 5.76 Å². The molecule has 1 amide bonds. The number of carbonyl (C=O) groups excluding carboxylic acids is 1. The summed E-state index contributed by atoms with van der Waals surface area (Å²) >= 11 is 7.42. The average Bonchev–Trinajstić information content (AvgIpc) is 3.06. The maximum Gasteiger partial charge on any atom is 0.307 e. The standard InChI is InChI=1S/C14H9ClN2O2S/c15-10-3-4-12-9(6-10)7-13(19-12)14(18)17-16-8-11-2-1-5-20-11/h1-8H,(H,17,18)/b16-8+. The third kappa shape index (κ3) is 2.74. The molecule has 0 unspecified atom stereocenters. The maximum atomic E-state index is 11.9. The van der Waals surface area contributed by atoms with Crippen LogP contribution >= 0.6 is 22.9 Å². The van der Waals surface area contributed by atoms with Crippen LogP contribution in [0, 0.1) is 0 Å². The first-order valence-corrected chi connectivity index (χ1v) is 7.04. The second-order valence-electron chi connectivity index (χ2n) is 4.01. The smallest absolute Gasteiger partial charge is 0.307 e. The molecule has 0 aliphatic carbocycles. The number of carbonyl (C=O) groups is 1. The van der Waals surface area contributed by atoms with Crippen molar-refractivity contribution in [3.63, 3.8) is 0 Å². The molecule has 0 aliphatic heterocycles. The Hall–Kier alpha value is -2.11. The van der Waals surface area contributed by atoms with Crippen LogP contribution in [0.5, 0.6) is 0 Å². The van der Waals surface area contributed by atoms with Crippen LogP contribution in [-0.4, -0.2) is 12.1 Å². The normalized spacial score (nSPS) is 11.2. The summed E-state index contributed by atoms with van der Waals surface area (Å²) in [7, 11) is 0. The Balaban J connectivity index is 1.75. The first-order valence-electron chi connectivity index (χ1n) is 5.78. The molecule has 100 valence electrons. The van der Waals surface area contributed by atoms with E-state index in [1.165, 1.54) is 11.3 Å². The number of furan rings is 1. The largest absolute Gasteiger partial charge is 0.451 e. The molecule has 0 spiro atoms. The van der Waals surface area contributed by atoms with E-state index in [9.17, 15) is 4.79 Å². The third-order valence-electron chi connectivity index (χ3n) is 2.60. The third-order valence-corrected chi connectivity index (χ3v) is 3.65. The molecule has 0 bridgehead atoms. The van der Waals surface area contributed by atoms with Crippen molar-refractivity contribution in [2.24, 2.45) is 5.10 Å². The Labute approximate surface area is 123 Å². The fourth-order valence-electron chi connectivity index (χ4n) is 1.70. The number of hydrogen-bond acceptors (Lipinski definition) is 4. The summed E-state index contributed by atoms with van der Waals surface area (Å²) in [4.78, 5) is 12.8. The Morgan fingerprint density at radius 2 is 2.25 bits per heavy atom. The summed E-state index contributed by atoms with van der Waals surface area (Å²) < 4.78 is 5.43. The van der Waals surface area contributed by atoms with Crippen LogP contribution < -0.4 is 5.43 Å². The summed E-state index contributed by atoms with van der Waals surface area (Å²) in [6.07, 6.45) is 1.59. The van der Waals surface area contributed by atoms with Crippen LogP contribution in [0.15, 0.2) is 51.3 Å². The molecule has 1 aromatic carbocycles. The second-order valence-corrected chi connectivity index (χ2v) is 5.42. The van der Waals surface area contributed by atoms with Gasteiger partial charge in [-0.3, -0.25) is 4.79 Å². The van der Waals surface area contributed by atoms with Gasteiger partial charge < -0.3 is 4.42 Å². The van der Waals surface area contributed by atoms with Gasteiger partial charge in [0.25, 0.3) is 0 Å². The molecule has 0 saturated carbocycles. The van der Waals surface area contributed by atoms with Gasteiger partial charge in [0.05, 0.1) is 6.21 Å². The molecule has 6 heteroatoms. The number of halogens is 1. The zero-order valence-corrected chi connectivity index (χ0v) is 11.7. The van der Waals surface area contributed by atoms with Gasteiger partial charge in [-0.15, -0.1) is 11.3 Å². The predicted molar refractivity (Wildman–Crippen MR) is 80.6 cm³/mol. The zero-order valence-electron chi connectivity index (χ0n) is 10.2. The highest BCUT2D eigenvalue weighted by molar-refractivity contribution is 7.11. The van der Waals surface area contributed by atoms with Gasteiger partial charge in [0, 0.05) is 15.3 Å². The molecule has 1 N–H and O–H groups in total. The highest BCUT2D eigenvalue weighted by Gasteiger charge is 2.11. The molecule has 3 aromatic rings. The molecular weight excluding hydrogens is 296 g/mol. The molecule has 0 radical (unpaired) electrons. The Morgan fingerprint density at radius 1 is 1.35 bits per heavy atom. The summed E-state index contributed by atoms with van der Waals surface area (Å²) in [5.41, 5.74) is 3.04. The van der Waals surface area contributed by atoms with E-state index in [1.807, 2.05) is 17.5 Å². The summed E-state index contributed by atoms with van der Waals surface area (Å²) in [5, 5.41) is 7.19. The molecule has 2 heterocycles. The van der Waals surface area contributed by atoms with Crippen LogP contribution in [0.2, 0.25) is 5.02 Å². The zero-order chi connectivity index (χ0) is 13.9. The predicted octanol–water partition coefficient (Wildman–Crippen LogP) is 3.91. The van der Waals surface area contributed by atoms with Crippen LogP contribution in [0.3, 0.4) is 0 Å². The minimum absolute atomic E-state index is 0.200. The van der Waals surface area contributed by atoms with Crippen molar-refractivity contribution in [3.8, 4) is 0 Å². The maximum absolute atomic E-state index is 11.9. The number of nitrogens with one attached hydrogen (secondary N) is 1. The minimum Gasteiger partial charge on any atom is -0.451 e. The Morgan fingerprint density at radius 3 is 3.05 bits per heavy atom. The number of fused-ring (bicyclic) bond motifs is 1. The lowest BCUT2D eigenvalue weighted by Gasteiger charge is -1.93. The van der Waals surface area contributed by atoms with Crippen molar-refractivity contribution in [2.75, 3.05) is 0 Å². The number of amides is 1. The summed E-state index contributed by atoms with van der Waals surface area (Å²) in [5.74, 6) is -0.198. The summed E-state index contributed by atoms with van der Waals surface area (Å²) in [6, 6.07) is 10.6. The molecule has 0 saturated heterocycles. The van der Waals surface area contributed by atoms with E-state index in [0.29, 0.717) is 10.6 Å². The van der Waals surface area contributed by atoms with Crippen LogP contribution in [-0.2, 0) is 0 Å². The van der Waals surface area contributed by atoms with Crippen molar-refractivity contribution >= 4 is 46.0 Å². The first-order chi connectivity index (χ1) is 9.72. The number of rotatable bonds is 3. The van der Waals surface area contributed by atoms with E-state index < -0.39 is 5.91 Å². The van der Waals surface area contributed by atoms with Crippen LogP contribution in [0.1, 0.15) is 15.4 Å². The van der Waals surface area contributed by atoms with Crippen molar-refractivity contribution < 1.29 is 9.21 Å². The van der Waals surface area contributed by atoms with E-state index in [2.05, 4.69) is 10.5 Å². The number of nitrogens with zero attached hydrogens (tertiary/aromatic N) is 1. The van der Waals surface area contributed by atoms with Crippen molar-refractivity contribution in [3.05, 3.63) is 57.4 Å². The topological polar surface area (TPSA) is 54.6 Å². The molecule has 0 fully saturated rings.